The monoisotopic (exact) mass is 499 g/mol. The molecule has 7 heteroatoms. The number of aliphatic hydroxyl groups excluding tert-OH is 2. The second kappa shape index (κ2) is 13.3. The van der Waals surface area contributed by atoms with Gasteiger partial charge in [-0.2, -0.15) is 0 Å². The van der Waals surface area contributed by atoms with Crippen LogP contribution in [0.3, 0.4) is 0 Å². The second-order valence-electron chi connectivity index (χ2n) is 9.80. The number of aliphatic hydroxyl groups is 2. The number of methoxy groups -OCH3 is 1. The Hall–Kier alpha value is -3.03. The number of rotatable bonds is 11. The molecule has 0 bridgehead atoms. The number of carbonyl (C=O) groups is 2. The molecule has 0 radical (unpaired) electrons. The van der Waals surface area contributed by atoms with E-state index in [0.717, 1.165) is 27.8 Å². The third-order valence-electron chi connectivity index (χ3n) is 5.95. The van der Waals surface area contributed by atoms with E-state index < -0.39 is 30.1 Å². The number of hydrogen-bond donors (Lipinski definition) is 3. The Morgan fingerprint density at radius 3 is 2.36 bits per heavy atom. The summed E-state index contributed by atoms with van der Waals surface area (Å²) in [6.45, 7) is 9.53. The van der Waals surface area contributed by atoms with Crippen LogP contribution in [-0.2, 0) is 14.3 Å². The zero-order valence-electron chi connectivity index (χ0n) is 22.0. The van der Waals surface area contributed by atoms with Crippen LogP contribution < -0.4 is 5.32 Å². The van der Waals surface area contributed by atoms with Crippen molar-refractivity contribution < 1.29 is 28.9 Å². The molecule has 0 unspecified atom stereocenters. The summed E-state index contributed by atoms with van der Waals surface area (Å²) in [4.78, 5) is 24.3. The summed E-state index contributed by atoms with van der Waals surface area (Å²) < 4.78 is 18.5. The molecule has 0 aliphatic rings. The zero-order valence-corrected chi connectivity index (χ0v) is 22.0. The third kappa shape index (κ3) is 8.57. The number of benzene rings is 2. The van der Waals surface area contributed by atoms with Gasteiger partial charge in [-0.05, 0) is 73.1 Å². The van der Waals surface area contributed by atoms with Gasteiger partial charge in [0, 0.05) is 6.42 Å². The summed E-state index contributed by atoms with van der Waals surface area (Å²) >= 11 is 0. The third-order valence-corrected chi connectivity index (χ3v) is 5.95. The average molecular weight is 500 g/mol. The van der Waals surface area contributed by atoms with E-state index in [-0.39, 0.29) is 24.6 Å². The largest absolute Gasteiger partial charge is 0.467 e. The van der Waals surface area contributed by atoms with Crippen LogP contribution in [0.5, 0.6) is 0 Å². The number of halogens is 1. The van der Waals surface area contributed by atoms with Crippen molar-refractivity contribution in [2.75, 3.05) is 7.11 Å². The predicted octanol–water partition coefficient (Wildman–Crippen LogP) is 4.64. The minimum atomic E-state index is -1.10. The van der Waals surface area contributed by atoms with Crippen molar-refractivity contribution in [3.63, 3.8) is 0 Å². The summed E-state index contributed by atoms with van der Waals surface area (Å²) in [7, 11) is 1.26. The van der Waals surface area contributed by atoms with E-state index in [1.54, 1.807) is 31.2 Å². The number of esters is 1. The van der Waals surface area contributed by atoms with Crippen LogP contribution in [0.2, 0.25) is 0 Å². The van der Waals surface area contributed by atoms with Crippen molar-refractivity contribution in [3.05, 3.63) is 64.5 Å². The van der Waals surface area contributed by atoms with Crippen LogP contribution in [0.15, 0.2) is 36.4 Å². The number of carbonyl (C=O) groups excluding carboxylic acids is 2. The SMILES string of the molecule is COC(=O)[C@H](CC(C)C)NC(=O)C[C@H](O)C[C@H](O)C=Cc1c(C)cc(C)cc1-c1ccc(F)c(C)c1. The molecule has 2 rings (SSSR count). The Kier molecular flexibility index (Phi) is 10.8. The summed E-state index contributed by atoms with van der Waals surface area (Å²) in [5, 5.41) is 23.5. The highest BCUT2D eigenvalue weighted by Gasteiger charge is 2.24. The highest BCUT2D eigenvalue weighted by molar-refractivity contribution is 5.84. The van der Waals surface area contributed by atoms with Crippen molar-refractivity contribution in [2.24, 2.45) is 5.92 Å². The van der Waals surface area contributed by atoms with Gasteiger partial charge in [-0.15, -0.1) is 0 Å². The van der Waals surface area contributed by atoms with Crippen molar-refractivity contribution in [3.8, 4) is 11.1 Å². The summed E-state index contributed by atoms with van der Waals surface area (Å²) in [5.41, 5.74) is 5.27. The van der Waals surface area contributed by atoms with Gasteiger partial charge in [-0.1, -0.05) is 49.8 Å². The molecule has 36 heavy (non-hydrogen) atoms. The molecule has 6 nitrogen and oxygen atoms in total. The number of nitrogens with one attached hydrogen (secondary N) is 1. The Bertz CT molecular complexity index is 1100. The van der Waals surface area contributed by atoms with Crippen LogP contribution in [-0.4, -0.2) is 47.4 Å². The molecule has 0 spiro atoms. The standard InChI is InChI=1S/C29H38FNO5/c1-17(2)11-27(29(35)36-6)31-28(34)16-23(33)15-22(32)8-9-24-19(4)12-18(3)13-25(24)21-7-10-26(30)20(5)14-21/h7-10,12-14,17,22-23,27,32-33H,11,15-16H2,1-6H3,(H,31,34)/t22-,23-,27+/m1/s1. The Balaban J connectivity index is 2.09. The van der Waals surface area contributed by atoms with Gasteiger partial charge < -0.3 is 20.3 Å². The minimum absolute atomic E-state index is 0.0487. The number of hydrogen-bond acceptors (Lipinski definition) is 5. The van der Waals surface area contributed by atoms with Gasteiger partial charge in [-0.3, -0.25) is 4.79 Å². The Morgan fingerprint density at radius 1 is 1.06 bits per heavy atom. The lowest BCUT2D eigenvalue weighted by Gasteiger charge is -2.19. The Morgan fingerprint density at radius 2 is 1.75 bits per heavy atom. The van der Waals surface area contributed by atoms with Crippen LogP contribution in [0.4, 0.5) is 4.39 Å². The molecule has 3 atom stereocenters. The van der Waals surface area contributed by atoms with Gasteiger partial charge >= 0.3 is 5.97 Å². The fourth-order valence-corrected chi connectivity index (χ4v) is 4.19. The highest BCUT2D eigenvalue weighted by Crippen LogP contribution is 2.30. The molecule has 0 aliphatic heterocycles. The quantitative estimate of drug-likeness (QED) is 0.392. The minimum Gasteiger partial charge on any atom is -0.467 e. The smallest absolute Gasteiger partial charge is 0.328 e. The fourth-order valence-electron chi connectivity index (χ4n) is 4.19. The van der Waals surface area contributed by atoms with Gasteiger partial charge in [-0.25, -0.2) is 9.18 Å². The molecule has 3 N–H and O–H groups in total. The van der Waals surface area contributed by atoms with Crippen LogP contribution in [0, 0.1) is 32.5 Å². The summed E-state index contributed by atoms with van der Waals surface area (Å²) in [6.07, 6.45) is 1.40. The predicted molar refractivity (Wildman–Crippen MR) is 140 cm³/mol. The van der Waals surface area contributed by atoms with Gasteiger partial charge in [0.05, 0.1) is 25.7 Å². The van der Waals surface area contributed by atoms with Gasteiger partial charge in [0.1, 0.15) is 11.9 Å². The normalized spacial score (nSPS) is 14.1. The Labute approximate surface area is 213 Å². The molecule has 0 fully saturated rings. The first-order valence-electron chi connectivity index (χ1n) is 12.2. The van der Waals surface area contributed by atoms with Crippen molar-refractivity contribution >= 4 is 18.0 Å². The topological polar surface area (TPSA) is 95.9 Å². The average Bonchev–Trinajstić information content (AvgIpc) is 2.78. The van der Waals surface area contributed by atoms with Crippen LogP contribution >= 0.6 is 0 Å². The first-order chi connectivity index (χ1) is 16.9. The molecule has 1 amide bonds. The molecule has 0 aromatic heterocycles. The zero-order chi connectivity index (χ0) is 27.0. The highest BCUT2D eigenvalue weighted by atomic mass is 19.1. The number of aryl methyl sites for hydroxylation is 3. The summed E-state index contributed by atoms with van der Waals surface area (Å²) in [5.74, 6) is -1.12. The maximum atomic E-state index is 13.8. The van der Waals surface area contributed by atoms with Crippen LogP contribution in [0.25, 0.3) is 17.2 Å². The van der Waals surface area contributed by atoms with Crippen molar-refractivity contribution in [1.29, 1.82) is 0 Å². The van der Waals surface area contributed by atoms with E-state index in [0.29, 0.717) is 12.0 Å². The van der Waals surface area contributed by atoms with E-state index >= 15 is 0 Å². The molecule has 2 aromatic rings. The lowest BCUT2D eigenvalue weighted by atomic mass is 9.92. The van der Waals surface area contributed by atoms with Crippen molar-refractivity contribution in [1.82, 2.24) is 5.32 Å². The maximum absolute atomic E-state index is 13.8. The van der Waals surface area contributed by atoms with Gasteiger partial charge in [0.2, 0.25) is 5.91 Å². The second-order valence-corrected chi connectivity index (χ2v) is 9.80. The van der Waals surface area contributed by atoms with Gasteiger partial charge in [0.25, 0.3) is 0 Å². The molecule has 0 saturated heterocycles. The summed E-state index contributed by atoms with van der Waals surface area (Å²) in [6, 6.07) is 8.23. The number of amides is 1. The molecule has 0 aliphatic carbocycles. The van der Waals surface area contributed by atoms with E-state index in [4.69, 9.17) is 4.74 Å². The first kappa shape index (κ1) is 29.2. The molecular weight excluding hydrogens is 461 g/mol. The van der Waals surface area contributed by atoms with E-state index in [1.165, 1.54) is 13.2 Å². The maximum Gasteiger partial charge on any atom is 0.328 e. The van der Waals surface area contributed by atoms with Crippen LogP contribution in [0.1, 0.15) is 55.4 Å². The molecule has 2 aromatic carbocycles. The van der Waals surface area contributed by atoms with E-state index in [2.05, 4.69) is 5.32 Å². The van der Waals surface area contributed by atoms with E-state index in [1.807, 2.05) is 39.8 Å². The van der Waals surface area contributed by atoms with Crippen molar-refractivity contribution in [2.45, 2.75) is 72.1 Å². The number of ether oxygens (including phenoxy) is 1. The fraction of sp³-hybridized carbons (Fsp3) is 0.448. The molecule has 0 saturated carbocycles. The molecular formula is C29H38FNO5. The van der Waals surface area contributed by atoms with Gasteiger partial charge in [0.15, 0.2) is 0 Å². The lowest BCUT2D eigenvalue weighted by molar-refractivity contribution is -0.145. The first-order valence-corrected chi connectivity index (χ1v) is 12.2. The van der Waals surface area contributed by atoms with E-state index in [9.17, 15) is 24.2 Å². The lowest BCUT2D eigenvalue weighted by Crippen LogP contribution is -2.43. The molecule has 0 heterocycles. The molecule has 196 valence electrons.